The third kappa shape index (κ3) is 2.64. The van der Waals surface area contributed by atoms with Crippen LogP contribution in [-0.4, -0.2) is 16.4 Å². The Balaban J connectivity index is 2.86. The predicted octanol–water partition coefficient (Wildman–Crippen LogP) is 2.27. The van der Waals surface area contributed by atoms with Gasteiger partial charge < -0.3 is 10.4 Å². The van der Waals surface area contributed by atoms with Crippen molar-refractivity contribution in [2.75, 3.05) is 5.32 Å². The third-order valence-corrected chi connectivity index (χ3v) is 1.97. The van der Waals surface area contributed by atoms with Crippen LogP contribution in [0.1, 0.15) is 12.5 Å². The molecule has 0 radical (unpaired) electrons. The van der Waals surface area contributed by atoms with Gasteiger partial charge in [-0.3, -0.25) is 4.79 Å². The molecule has 0 saturated heterocycles. The Morgan fingerprint density at radius 3 is 2.79 bits per heavy atom. The van der Waals surface area contributed by atoms with E-state index >= 15 is 0 Å². The molecule has 0 aliphatic carbocycles. The van der Waals surface area contributed by atoms with Gasteiger partial charge in [-0.05, 0) is 31.5 Å². The Bertz CT molecular complexity index is 350. The molecular weight excluding hydrogens is 202 g/mol. The number of rotatable bonds is 2. The normalized spacial score (nSPS) is 12.2. The molecule has 1 aromatic carbocycles. The molecule has 14 heavy (non-hydrogen) atoms. The zero-order valence-electron chi connectivity index (χ0n) is 8.04. The number of benzene rings is 1. The molecule has 4 heteroatoms. The summed E-state index contributed by atoms with van der Waals surface area (Å²) in [5.41, 5.74) is 1.35. The molecule has 0 fully saturated rings. The highest BCUT2D eigenvalue weighted by Gasteiger charge is 2.11. The summed E-state index contributed by atoms with van der Waals surface area (Å²) in [5.74, 6) is -0.283. The minimum atomic E-state index is -0.616. The lowest BCUT2D eigenvalue weighted by Crippen LogP contribution is -2.20. The van der Waals surface area contributed by atoms with Crippen molar-refractivity contribution in [1.29, 1.82) is 0 Å². The Morgan fingerprint density at radius 1 is 1.57 bits per heavy atom. The Hall–Kier alpha value is -1.22. The van der Waals surface area contributed by atoms with Gasteiger partial charge in [-0.2, -0.15) is 0 Å². The number of carbonyl (C=O) groups excluding carboxylic acids is 1. The third-order valence-electron chi connectivity index (χ3n) is 1.77. The van der Waals surface area contributed by atoms with E-state index in [9.17, 15) is 9.90 Å². The van der Waals surface area contributed by atoms with Gasteiger partial charge in [0.1, 0.15) is 11.1 Å². The van der Waals surface area contributed by atoms with Crippen LogP contribution in [0.5, 0.6) is 5.75 Å². The van der Waals surface area contributed by atoms with Crippen LogP contribution < -0.4 is 5.32 Å². The highest BCUT2D eigenvalue weighted by Crippen LogP contribution is 2.24. The largest absolute Gasteiger partial charge is 0.506 e. The number of aromatic hydroxyl groups is 1. The van der Waals surface area contributed by atoms with E-state index < -0.39 is 5.38 Å². The Labute approximate surface area is 87.7 Å². The Morgan fingerprint density at radius 2 is 2.21 bits per heavy atom. The molecule has 1 unspecified atom stereocenters. The minimum absolute atomic E-state index is 0.0428. The van der Waals surface area contributed by atoms with Crippen molar-refractivity contribution in [3.63, 3.8) is 0 Å². The number of aryl methyl sites for hydroxylation is 1. The Kier molecular flexibility index (Phi) is 3.36. The van der Waals surface area contributed by atoms with Gasteiger partial charge in [-0.1, -0.05) is 6.07 Å². The van der Waals surface area contributed by atoms with Crippen LogP contribution in [0, 0.1) is 6.92 Å². The quantitative estimate of drug-likeness (QED) is 0.585. The van der Waals surface area contributed by atoms with E-state index in [1.54, 1.807) is 19.1 Å². The van der Waals surface area contributed by atoms with Crippen LogP contribution in [-0.2, 0) is 4.79 Å². The van der Waals surface area contributed by atoms with E-state index in [1.807, 2.05) is 6.92 Å². The lowest BCUT2D eigenvalue weighted by molar-refractivity contribution is -0.115. The fourth-order valence-electron chi connectivity index (χ4n) is 0.982. The number of halogens is 1. The molecule has 1 aromatic rings. The fraction of sp³-hybridized carbons (Fsp3) is 0.300. The van der Waals surface area contributed by atoms with Gasteiger partial charge in [0.2, 0.25) is 5.91 Å². The minimum Gasteiger partial charge on any atom is -0.506 e. The second-order valence-electron chi connectivity index (χ2n) is 3.13. The van der Waals surface area contributed by atoms with Gasteiger partial charge in [0, 0.05) is 0 Å². The molecule has 0 heterocycles. The summed E-state index contributed by atoms with van der Waals surface area (Å²) < 4.78 is 0. The first-order valence-electron chi connectivity index (χ1n) is 4.25. The van der Waals surface area contributed by atoms with Crippen LogP contribution >= 0.6 is 11.6 Å². The number of alkyl halides is 1. The van der Waals surface area contributed by atoms with Crippen LogP contribution in [0.2, 0.25) is 0 Å². The van der Waals surface area contributed by atoms with Gasteiger partial charge in [0.15, 0.2) is 0 Å². The molecule has 0 aromatic heterocycles. The summed E-state index contributed by atoms with van der Waals surface area (Å²) in [4.78, 5) is 11.2. The first-order chi connectivity index (χ1) is 6.50. The van der Waals surface area contributed by atoms with E-state index in [0.717, 1.165) is 5.56 Å². The number of anilines is 1. The van der Waals surface area contributed by atoms with Crippen molar-refractivity contribution in [3.05, 3.63) is 23.8 Å². The summed E-state index contributed by atoms with van der Waals surface area (Å²) in [6, 6.07) is 4.98. The van der Waals surface area contributed by atoms with E-state index in [4.69, 9.17) is 11.6 Å². The summed E-state index contributed by atoms with van der Waals surface area (Å²) in [7, 11) is 0. The molecule has 3 nitrogen and oxygen atoms in total. The summed E-state index contributed by atoms with van der Waals surface area (Å²) in [6.07, 6.45) is 0. The van der Waals surface area contributed by atoms with Crippen molar-refractivity contribution in [2.45, 2.75) is 19.2 Å². The SMILES string of the molecule is Cc1ccc(O)c(NC(=O)C(C)Cl)c1. The number of amides is 1. The zero-order chi connectivity index (χ0) is 10.7. The summed E-state index contributed by atoms with van der Waals surface area (Å²) >= 11 is 5.58. The summed E-state index contributed by atoms with van der Waals surface area (Å²) in [5, 5.41) is 11.3. The zero-order valence-corrected chi connectivity index (χ0v) is 8.80. The molecule has 0 spiro atoms. The lowest BCUT2D eigenvalue weighted by Gasteiger charge is -2.08. The van der Waals surface area contributed by atoms with Gasteiger partial charge >= 0.3 is 0 Å². The van der Waals surface area contributed by atoms with Crippen molar-refractivity contribution in [2.24, 2.45) is 0 Å². The first-order valence-corrected chi connectivity index (χ1v) is 4.69. The summed E-state index contributed by atoms with van der Waals surface area (Å²) in [6.45, 7) is 3.45. The van der Waals surface area contributed by atoms with Crippen molar-refractivity contribution < 1.29 is 9.90 Å². The molecular formula is C10H12ClNO2. The molecule has 0 bridgehead atoms. The molecule has 2 N–H and O–H groups in total. The highest BCUT2D eigenvalue weighted by molar-refractivity contribution is 6.32. The number of phenolic OH excluding ortho intramolecular Hbond substituents is 1. The fourth-order valence-corrected chi connectivity index (χ4v) is 1.04. The number of carbonyl (C=O) groups is 1. The van der Waals surface area contributed by atoms with Crippen LogP contribution in [0.4, 0.5) is 5.69 Å². The molecule has 1 rings (SSSR count). The first kappa shape index (κ1) is 10.9. The maximum Gasteiger partial charge on any atom is 0.242 e. The van der Waals surface area contributed by atoms with Crippen molar-refractivity contribution in [1.82, 2.24) is 0 Å². The average Bonchev–Trinajstić information content (AvgIpc) is 2.11. The van der Waals surface area contributed by atoms with Crippen LogP contribution in [0.3, 0.4) is 0 Å². The van der Waals surface area contributed by atoms with E-state index in [1.165, 1.54) is 6.07 Å². The second-order valence-corrected chi connectivity index (χ2v) is 3.78. The molecule has 1 atom stereocenters. The molecule has 0 saturated carbocycles. The van der Waals surface area contributed by atoms with E-state index in [-0.39, 0.29) is 11.7 Å². The van der Waals surface area contributed by atoms with Crippen molar-refractivity contribution >= 4 is 23.2 Å². The van der Waals surface area contributed by atoms with E-state index in [0.29, 0.717) is 5.69 Å². The monoisotopic (exact) mass is 213 g/mol. The number of hydrogen-bond acceptors (Lipinski definition) is 2. The lowest BCUT2D eigenvalue weighted by atomic mass is 10.2. The van der Waals surface area contributed by atoms with Gasteiger partial charge in [0.05, 0.1) is 5.69 Å². The molecule has 0 aliphatic heterocycles. The standard InChI is InChI=1S/C10H12ClNO2/c1-6-3-4-9(13)8(5-6)12-10(14)7(2)11/h3-5,7,13H,1-2H3,(H,12,14). The van der Waals surface area contributed by atoms with Gasteiger partial charge in [-0.15, -0.1) is 11.6 Å². The topological polar surface area (TPSA) is 49.3 Å². The number of phenols is 1. The smallest absolute Gasteiger partial charge is 0.242 e. The number of nitrogens with one attached hydrogen (secondary N) is 1. The average molecular weight is 214 g/mol. The van der Waals surface area contributed by atoms with Gasteiger partial charge in [0.25, 0.3) is 0 Å². The maximum absolute atomic E-state index is 11.2. The highest BCUT2D eigenvalue weighted by atomic mass is 35.5. The van der Waals surface area contributed by atoms with Crippen molar-refractivity contribution in [3.8, 4) is 5.75 Å². The number of hydrogen-bond donors (Lipinski definition) is 2. The van der Waals surface area contributed by atoms with Gasteiger partial charge in [-0.25, -0.2) is 0 Å². The predicted molar refractivity (Wildman–Crippen MR) is 56.8 cm³/mol. The second kappa shape index (κ2) is 4.33. The van der Waals surface area contributed by atoms with Crippen LogP contribution in [0.15, 0.2) is 18.2 Å². The maximum atomic E-state index is 11.2. The van der Waals surface area contributed by atoms with E-state index in [2.05, 4.69) is 5.32 Å². The van der Waals surface area contributed by atoms with Crippen LogP contribution in [0.25, 0.3) is 0 Å². The molecule has 0 aliphatic rings. The molecule has 1 amide bonds. The molecule has 76 valence electrons.